The van der Waals surface area contributed by atoms with Crippen molar-refractivity contribution in [2.75, 3.05) is 5.32 Å². The molecule has 1 aromatic heterocycles. The molecule has 4 rings (SSSR count). The number of carbonyl (C=O) groups excluding carboxylic acids is 1. The smallest absolute Gasteiger partial charge is 0.261 e. The van der Waals surface area contributed by atoms with Gasteiger partial charge in [-0.15, -0.1) is 10.2 Å². The Morgan fingerprint density at radius 2 is 1.66 bits per heavy atom. The number of rotatable bonds is 6. The van der Waals surface area contributed by atoms with E-state index in [0.717, 1.165) is 16.1 Å². The van der Waals surface area contributed by atoms with E-state index in [4.69, 9.17) is 4.74 Å². The molecule has 0 unspecified atom stereocenters. The van der Waals surface area contributed by atoms with Gasteiger partial charge in [-0.2, -0.15) is 0 Å². The molecule has 5 nitrogen and oxygen atoms in total. The Labute approximate surface area is 173 Å². The van der Waals surface area contributed by atoms with Crippen molar-refractivity contribution in [3.8, 4) is 16.3 Å². The molecule has 0 aliphatic rings. The van der Waals surface area contributed by atoms with Crippen LogP contribution in [0.2, 0.25) is 0 Å². The number of nitrogens with one attached hydrogen (secondary N) is 1. The second kappa shape index (κ2) is 8.67. The van der Waals surface area contributed by atoms with Crippen LogP contribution in [0, 0.1) is 6.92 Å². The average Bonchev–Trinajstić information content (AvgIpc) is 3.22. The highest BCUT2D eigenvalue weighted by Gasteiger charge is 2.15. The van der Waals surface area contributed by atoms with Crippen molar-refractivity contribution in [3.05, 3.63) is 95.6 Å². The zero-order valence-corrected chi connectivity index (χ0v) is 16.6. The van der Waals surface area contributed by atoms with E-state index >= 15 is 0 Å². The fourth-order valence-electron chi connectivity index (χ4n) is 2.77. The van der Waals surface area contributed by atoms with E-state index in [2.05, 4.69) is 15.5 Å². The molecule has 3 aromatic carbocycles. The van der Waals surface area contributed by atoms with Gasteiger partial charge >= 0.3 is 0 Å². The number of nitrogens with zero attached hydrogens (tertiary/aromatic N) is 2. The molecule has 0 atom stereocenters. The first-order valence-electron chi connectivity index (χ1n) is 9.17. The van der Waals surface area contributed by atoms with Gasteiger partial charge < -0.3 is 4.74 Å². The Kier molecular flexibility index (Phi) is 5.63. The first-order chi connectivity index (χ1) is 14.2. The van der Waals surface area contributed by atoms with E-state index in [1.165, 1.54) is 16.9 Å². The van der Waals surface area contributed by atoms with Gasteiger partial charge in [0.05, 0.1) is 5.56 Å². The van der Waals surface area contributed by atoms with Gasteiger partial charge in [-0.1, -0.05) is 83.6 Å². The van der Waals surface area contributed by atoms with E-state index in [-0.39, 0.29) is 5.91 Å². The number of carbonyl (C=O) groups is 1. The van der Waals surface area contributed by atoms with Crippen molar-refractivity contribution in [3.63, 3.8) is 0 Å². The Bertz CT molecular complexity index is 1110. The van der Waals surface area contributed by atoms with Crippen molar-refractivity contribution in [2.24, 2.45) is 0 Å². The molecule has 0 saturated heterocycles. The molecule has 0 aliphatic heterocycles. The van der Waals surface area contributed by atoms with Crippen molar-refractivity contribution in [1.29, 1.82) is 0 Å². The average molecular weight is 401 g/mol. The monoisotopic (exact) mass is 401 g/mol. The lowest BCUT2D eigenvalue weighted by Gasteiger charge is -2.10. The maximum Gasteiger partial charge on any atom is 0.261 e. The van der Waals surface area contributed by atoms with Gasteiger partial charge in [-0.3, -0.25) is 10.1 Å². The van der Waals surface area contributed by atoms with Crippen LogP contribution in [0.4, 0.5) is 5.13 Å². The van der Waals surface area contributed by atoms with Crippen LogP contribution < -0.4 is 10.1 Å². The molecular weight excluding hydrogens is 382 g/mol. The maximum absolute atomic E-state index is 12.8. The summed E-state index contributed by atoms with van der Waals surface area (Å²) in [7, 11) is 0. The van der Waals surface area contributed by atoms with Crippen LogP contribution in [-0.4, -0.2) is 16.1 Å². The third-order valence-electron chi connectivity index (χ3n) is 4.31. The lowest BCUT2D eigenvalue weighted by Crippen LogP contribution is -2.13. The molecule has 0 fully saturated rings. The molecular formula is C23H19N3O2S. The number of aryl methyl sites for hydroxylation is 1. The van der Waals surface area contributed by atoms with Gasteiger partial charge in [0.2, 0.25) is 5.13 Å². The highest BCUT2D eigenvalue weighted by atomic mass is 32.1. The third-order valence-corrected chi connectivity index (χ3v) is 5.20. The van der Waals surface area contributed by atoms with Gasteiger partial charge in [-0.05, 0) is 24.6 Å². The van der Waals surface area contributed by atoms with Crippen molar-refractivity contribution in [2.45, 2.75) is 13.5 Å². The number of benzene rings is 3. The van der Waals surface area contributed by atoms with Crippen molar-refractivity contribution in [1.82, 2.24) is 10.2 Å². The normalized spacial score (nSPS) is 10.5. The van der Waals surface area contributed by atoms with Gasteiger partial charge in [0.1, 0.15) is 17.4 Å². The Morgan fingerprint density at radius 3 is 2.45 bits per heavy atom. The summed E-state index contributed by atoms with van der Waals surface area (Å²) in [6.45, 7) is 2.42. The number of aromatic nitrogens is 2. The van der Waals surface area contributed by atoms with E-state index < -0.39 is 0 Å². The minimum atomic E-state index is -0.278. The Morgan fingerprint density at radius 1 is 0.931 bits per heavy atom. The first kappa shape index (κ1) is 18.8. The van der Waals surface area contributed by atoms with E-state index in [1.807, 2.05) is 73.7 Å². The van der Waals surface area contributed by atoms with Crippen molar-refractivity contribution < 1.29 is 9.53 Å². The summed E-state index contributed by atoms with van der Waals surface area (Å²) in [6, 6.07) is 25.0. The van der Waals surface area contributed by atoms with Gasteiger partial charge in [-0.25, -0.2) is 0 Å². The van der Waals surface area contributed by atoms with Crippen LogP contribution in [0.25, 0.3) is 10.6 Å². The van der Waals surface area contributed by atoms with Gasteiger partial charge in [0.15, 0.2) is 0 Å². The van der Waals surface area contributed by atoms with Crippen LogP contribution in [0.15, 0.2) is 78.9 Å². The summed E-state index contributed by atoms with van der Waals surface area (Å²) in [5.74, 6) is 0.248. The van der Waals surface area contributed by atoms with E-state index in [0.29, 0.717) is 23.1 Å². The van der Waals surface area contributed by atoms with Crippen LogP contribution >= 0.6 is 11.3 Å². The molecule has 4 aromatic rings. The molecule has 144 valence electrons. The quantitative estimate of drug-likeness (QED) is 0.473. The standard InChI is InChI=1S/C23H19N3O2S/c1-16-11-13-18(14-12-16)22-25-26-23(29-22)24-21(27)19-9-5-6-10-20(19)28-15-17-7-3-2-4-8-17/h2-14H,15H2,1H3,(H,24,26,27). The first-order valence-corrected chi connectivity index (χ1v) is 9.98. The summed E-state index contributed by atoms with van der Waals surface area (Å²) < 4.78 is 5.87. The fourth-order valence-corrected chi connectivity index (χ4v) is 3.51. The van der Waals surface area contributed by atoms with Crippen LogP contribution in [0.5, 0.6) is 5.75 Å². The molecule has 0 aliphatic carbocycles. The summed E-state index contributed by atoms with van der Waals surface area (Å²) >= 11 is 1.34. The molecule has 6 heteroatoms. The molecule has 29 heavy (non-hydrogen) atoms. The molecule has 1 amide bonds. The zero-order chi connectivity index (χ0) is 20.1. The zero-order valence-electron chi connectivity index (χ0n) is 15.8. The van der Waals surface area contributed by atoms with E-state index in [9.17, 15) is 4.79 Å². The predicted molar refractivity (Wildman–Crippen MR) is 115 cm³/mol. The Balaban J connectivity index is 1.47. The number of ether oxygens (including phenoxy) is 1. The Hall–Kier alpha value is -3.51. The summed E-state index contributed by atoms with van der Waals surface area (Å²) in [5, 5.41) is 12.3. The van der Waals surface area contributed by atoms with Crippen molar-refractivity contribution >= 4 is 22.4 Å². The highest BCUT2D eigenvalue weighted by Crippen LogP contribution is 2.27. The molecule has 1 N–H and O–H groups in total. The number of para-hydroxylation sites is 1. The summed E-state index contributed by atoms with van der Waals surface area (Å²) in [6.07, 6.45) is 0. The predicted octanol–water partition coefficient (Wildman–Crippen LogP) is 5.34. The lowest BCUT2D eigenvalue weighted by atomic mass is 10.2. The molecule has 0 saturated carbocycles. The molecule has 0 bridgehead atoms. The number of hydrogen-bond donors (Lipinski definition) is 1. The number of hydrogen-bond acceptors (Lipinski definition) is 5. The van der Waals surface area contributed by atoms with Crippen LogP contribution in [-0.2, 0) is 6.61 Å². The second-order valence-electron chi connectivity index (χ2n) is 6.50. The number of anilines is 1. The highest BCUT2D eigenvalue weighted by molar-refractivity contribution is 7.18. The lowest BCUT2D eigenvalue weighted by molar-refractivity contribution is 0.102. The minimum Gasteiger partial charge on any atom is -0.488 e. The third kappa shape index (κ3) is 4.67. The van der Waals surface area contributed by atoms with Crippen LogP contribution in [0.3, 0.4) is 0 Å². The van der Waals surface area contributed by atoms with Crippen LogP contribution in [0.1, 0.15) is 21.5 Å². The molecule has 1 heterocycles. The largest absolute Gasteiger partial charge is 0.488 e. The topological polar surface area (TPSA) is 64.1 Å². The van der Waals surface area contributed by atoms with Gasteiger partial charge in [0.25, 0.3) is 5.91 Å². The summed E-state index contributed by atoms with van der Waals surface area (Å²) in [5.41, 5.74) is 3.64. The van der Waals surface area contributed by atoms with Gasteiger partial charge in [0, 0.05) is 5.56 Å². The molecule has 0 spiro atoms. The number of amides is 1. The van der Waals surface area contributed by atoms with E-state index in [1.54, 1.807) is 12.1 Å². The SMILES string of the molecule is Cc1ccc(-c2nnc(NC(=O)c3ccccc3OCc3ccccc3)s2)cc1. The second-order valence-corrected chi connectivity index (χ2v) is 7.48. The fraction of sp³-hybridized carbons (Fsp3) is 0.0870. The minimum absolute atomic E-state index is 0.278. The molecule has 0 radical (unpaired) electrons. The maximum atomic E-state index is 12.8. The summed E-state index contributed by atoms with van der Waals surface area (Å²) in [4.78, 5) is 12.8.